The number of carbonyl (C=O) groups is 3. The Morgan fingerprint density at radius 1 is 1.12 bits per heavy atom. The molecule has 0 saturated heterocycles. The van der Waals surface area contributed by atoms with Gasteiger partial charge in [-0.3, -0.25) is 9.59 Å². The molecule has 174 valence electrons. The zero-order valence-corrected chi connectivity index (χ0v) is 19.4. The predicted octanol–water partition coefficient (Wildman–Crippen LogP) is 4.32. The summed E-state index contributed by atoms with van der Waals surface area (Å²) < 4.78 is 15.7. The van der Waals surface area contributed by atoms with Crippen LogP contribution in [0.5, 0.6) is 5.75 Å². The van der Waals surface area contributed by atoms with Crippen molar-refractivity contribution in [3.8, 4) is 5.75 Å². The molecule has 8 nitrogen and oxygen atoms in total. The largest absolute Gasteiger partial charge is 0.497 e. The molecule has 0 fully saturated rings. The van der Waals surface area contributed by atoms with E-state index in [1.807, 2.05) is 0 Å². The third-order valence-electron chi connectivity index (χ3n) is 5.51. The molecule has 0 saturated carbocycles. The number of hydrogen-bond acceptors (Lipinski definition) is 6. The van der Waals surface area contributed by atoms with Crippen LogP contribution in [0.2, 0.25) is 0 Å². The third-order valence-corrected chi connectivity index (χ3v) is 5.51. The highest BCUT2D eigenvalue weighted by Gasteiger charge is 2.32. The van der Waals surface area contributed by atoms with E-state index in [1.165, 1.54) is 11.2 Å². The van der Waals surface area contributed by atoms with Gasteiger partial charge in [-0.15, -0.1) is 0 Å². The first-order valence-corrected chi connectivity index (χ1v) is 10.7. The highest BCUT2D eigenvalue weighted by molar-refractivity contribution is 6.07. The Balaban J connectivity index is 1.95. The van der Waals surface area contributed by atoms with Crippen LogP contribution in [0, 0.1) is 13.8 Å². The molecule has 1 amide bonds. The molecule has 0 aliphatic carbocycles. The van der Waals surface area contributed by atoms with Crippen molar-refractivity contribution >= 4 is 17.7 Å². The van der Waals surface area contributed by atoms with Crippen LogP contribution in [0.1, 0.15) is 62.1 Å². The monoisotopic (exact) mass is 452 g/mol. The standard InChI is InChI=1S/C25H28N2O6/c1-6-32-25(30)22-15(2)21(16(3)26-22)23(28)17(4)27(14-20-8-7-13-33-20)24(29)18-9-11-19(31-5)12-10-18/h7-13,17,26H,6,14H2,1-5H3. The number of ether oxygens (including phenoxy) is 2. The Kier molecular flexibility index (Phi) is 7.37. The second-order valence-corrected chi connectivity index (χ2v) is 7.63. The molecule has 2 heterocycles. The number of aryl methyl sites for hydroxylation is 1. The van der Waals surface area contributed by atoms with E-state index >= 15 is 0 Å². The lowest BCUT2D eigenvalue weighted by atomic mass is 9.99. The van der Waals surface area contributed by atoms with Crippen LogP contribution < -0.4 is 4.74 Å². The van der Waals surface area contributed by atoms with Crippen LogP contribution in [0.25, 0.3) is 0 Å². The molecule has 8 heteroatoms. The summed E-state index contributed by atoms with van der Waals surface area (Å²) in [5.74, 6) is 0.0349. The molecule has 1 unspecified atom stereocenters. The fourth-order valence-electron chi connectivity index (χ4n) is 3.73. The fraction of sp³-hybridized carbons (Fsp3) is 0.320. The highest BCUT2D eigenvalue weighted by Crippen LogP contribution is 2.24. The lowest BCUT2D eigenvalue weighted by molar-refractivity contribution is 0.0518. The van der Waals surface area contributed by atoms with E-state index in [1.54, 1.807) is 71.2 Å². The van der Waals surface area contributed by atoms with E-state index in [9.17, 15) is 14.4 Å². The summed E-state index contributed by atoms with van der Waals surface area (Å²) in [6.45, 7) is 7.13. The summed E-state index contributed by atoms with van der Waals surface area (Å²) in [7, 11) is 1.55. The van der Waals surface area contributed by atoms with Crippen LogP contribution in [0.3, 0.4) is 0 Å². The van der Waals surface area contributed by atoms with Crippen molar-refractivity contribution < 1.29 is 28.3 Å². The van der Waals surface area contributed by atoms with E-state index in [4.69, 9.17) is 13.9 Å². The van der Waals surface area contributed by atoms with Crippen LogP contribution in [-0.2, 0) is 11.3 Å². The summed E-state index contributed by atoms with van der Waals surface area (Å²) in [6, 6.07) is 9.33. The molecule has 3 aromatic rings. The quantitative estimate of drug-likeness (QED) is 0.383. The number of Topliss-reactive ketones (excluding diaryl/α,β-unsaturated/α-hetero) is 1. The average Bonchev–Trinajstić information content (AvgIpc) is 3.43. The molecule has 2 aromatic heterocycles. The third kappa shape index (κ3) is 5.00. The number of aromatic amines is 1. The summed E-state index contributed by atoms with van der Waals surface area (Å²) >= 11 is 0. The van der Waals surface area contributed by atoms with E-state index in [-0.39, 0.29) is 30.5 Å². The number of nitrogens with one attached hydrogen (secondary N) is 1. The molecule has 3 rings (SSSR count). The number of esters is 1. The number of amides is 1. The van der Waals surface area contributed by atoms with Crippen LogP contribution >= 0.6 is 0 Å². The van der Waals surface area contributed by atoms with Gasteiger partial charge in [0.25, 0.3) is 5.91 Å². The van der Waals surface area contributed by atoms with Gasteiger partial charge >= 0.3 is 5.97 Å². The number of rotatable bonds is 9. The summed E-state index contributed by atoms with van der Waals surface area (Å²) in [6.07, 6.45) is 1.52. The molecule has 1 N–H and O–H groups in total. The number of carbonyl (C=O) groups excluding carboxylic acids is 3. The smallest absolute Gasteiger partial charge is 0.355 e. The van der Waals surface area contributed by atoms with Gasteiger partial charge in [-0.2, -0.15) is 0 Å². The number of ketones is 1. The zero-order valence-electron chi connectivity index (χ0n) is 19.4. The maximum absolute atomic E-state index is 13.6. The Labute approximate surface area is 192 Å². The second-order valence-electron chi connectivity index (χ2n) is 7.63. The van der Waals surface area contributed by atoms with E-state index in [2.05, 4.69) is 4.98 Å². The van der Waals surface area contributed by atoms with Gasteiger partial charge < -0.3 is 23.8 Å². The number of methoxy groups -OCH3 is 1. The number of benzene rings is 1. The number of H-pyrrole nitrogens is 1. The van der Waals surface area contributed by atoms with Crippen molar-refractivity contribution in [2.45, 2.75) is 40.3 Å². The van der Waals surface area contributed by atoms with E-state index in [0.717, 1.165) is 0 Å². The van der Waals surface area contributed by atoms with Gasteiger partial charge in [-0.25, -0.2) is 4.79 Å². The van der Waals surface area contributed by atoms with Gasteiger partial charge in [0.2, 0.25) is 0 Å². The Morgan fingerprint density at radius 3 is 2.39 bits per heavy atom. The maximum Gasteiger partial charge on any atom is 0.355 e. The van der Waals surface area contributed by atoms with Crippen molar-refractivity contribution in [3.05, 3.63) is 76.5 Å². The minimum atomic E-state index is -0.826. The maximum atomic E-state index is 13.6. The molecule has 0 bridgehead atoms. The molecule has 0 radical (unpaired) electrons. The van der Waals surface area contributed by atoms with Gasteiger partial charge in [0.15, 0.2) is 5.78 Å². The summed E-state index contributed by atoms with van der Waals surface area (Å²) in [4.78, 5) is 43.7. The van der Waals surface area contributed by atoms with Gasteiger partial charge in [0.1, 0.15) is 17.2 Å². The summed E-state index contributed by atoms with van der Waals surface area (Å²) in [5.41, 5.74) is 2.07. The van der Waals surface area contributed by atoms with Gasteiger partial charge in [0.05, 0.1) is 32.6 Å². The van der Waals surface area contributed by atoms with Crippen molar-refractivity contribution in [1.82, 2.24) is 9.88 Å². The average molecular weight is 453 g/mol. The van der Waals surface area contributed by atoms with Crippen LogP contribution in [0.4, 0.5) is 0 Å². The molecule has 0 spiro atoms. The Morgan fingerprint density at radius 2 is 1.82 bits per heavy atom. The number of hydrogen-bond donors (Lipinski definition) is 1. The fourth-order valence-corrected chi connectivity index (χ4v) is 3.73. The van der Waals surface area contributed by atoms with Gasteiger partial charge in [0, 0.05) is 16.8 Å². The molecular formula is C25H28N2O6. The van der Waals surface area contributed by atoms with Gasteiger partial charge in [-0.05, 0) is 69.7 Å². The van der Waals surface area contributed by atoms with Gasteiger partial charge in [-0.1, -0.05) is 0 Å². The van der Waals surface area contributed by atoms with Crippen LogP contribution in [0.15, 0.2) is 47.1 Å². The topological polar surface area (TPSA) is 102 Å². The van der Waals surface area contributed by atoms with E-state index < -0.39 is 12.0 Å². The molecule has 1 atom stereocenters. The minimum absolute atomic E-state index is 0.109. The SMILES string of the molecule is CCOC(=O)c1[nH]c(C)c(C(=O)C(C)N(Cc2ccco2)C(=O)c2ccc(OC)cc2)c1C. The highest BCUT2D eigenvalue weighted by atomic mass is 16.5. The summed E-state index contributed by atoms with van der Waals surface area (Å²) in [5, 5.41) is 0. The zero-order chi connectivity index (χ0) is 24.1. The minimum Gasteiger partial charge on any atom is -0.497 e. The van der Waals surface area contributed by atoms with Crippen molar-refractivity contribution in [2.24, 2.45) is 0 Å². The lowest BCUT2D eigenvalue weighted by Crippen LogP contribution is -2.43. The molecular weight excluding hydrogens is 424 g/mol. The molecule has 0 aliphatic heterocycles. The second kappa shape index (κ2) is 10.2. The Hall–Kier alpha value is -3.81. The molecule has 0 aliphatic rings. The first kappa shape index (κ1) is 23.8. The number of aromatic nitrogens is 1. The normalized spacial score (nSPS) is 11.7. The first-order chi connectivity index (χ1) is 15.8. The lowest BCUT2D eigenvalue weighted by Gasteiger charge is -2.28. The molecule has 1 aromatic carbocycles. The first-order valence-electron chi connectivity index (χ1n) is 10.7. The van der Waals surface area contributed by atoms with Crippen molar-refractivity contribution in [1.29, 1.82) is 0 Å². The predicted molar refractivity (Wildman–Crippen MR) is 122 cm³/mol. The number of furan rings is 1. The molecule has 33 heavy (non-hydrogen) atoms. The Bertz CT molecular complexity index is 1130. The van der Waals surface area contributed by atoms with Crippen LogP contribution in [-0.4, -0.2) is 47.3 Å². The number of nitrogens with zero attached hydrogens (tertiary/aromatic N) is 1. The van der Waals surface area contributed by atoms with Crippen molar-refractivity contribution in [3.63, 3.8) is 0 Å². The van der Waals surface area contributed by atoms with Crippen molar-refractivity contribution in [2.75, 3.05) is 13.7 Å². The van der Waals surface area contributed by atoms with E-state index in [0.29, 0.717) is 33.9 Å².